The molecule has 94 valence electrons. The Morgan fingerprint density at radius 1 is 1.71 bits per heavy atom. The van der Waals surface area contributed by atoms with Crippen molar-refractivity contribution in [2.24, 2.45) is 5.92 Å². The van der Waals surface area contributed by atoms with Gasteiger partial charge in [-0.3, -0.25) is 0 Å². The Kier molecular flexibility index (Phi) is 2.89. The van der Waals surface area contributed by atoms with E-state index in [4.69, 9.17) is 5.11 Å². The number of imidazole rings is 1. The Labute approximate surface area is 97.3 Å². The molecule has 0 amide bonds. The van der Waals surface area contributed by atoms with Crippen molar-refractivity contribution in [3.8, 4) is 0 Å². The Morgan fingerprint density at radius 2 is 2.41 bits per heavy atom. The van der Waals surface area contributed by atoms with Gasteiger partial charge < -0.3 is 9.67 Å². The van der Waals surface area contributed by atoms with Crippen molar-refractivity contribution >= 4 is 5.97 Å². The quantitative estimate of drug-likeness (QED) is 0.886. The number of halogens is 2. The molecule has 1 aromatic heterocycles. The number of carbonyl (C=O) groups is 1. The van der Waals surface area contributed by atoms with Gasteiger partial charge in [0.05, 0.1) is 0 Å². The number of aryl methyl sites for hydroxylation is 1. The van der Waals surface area contributed by atoms with Crippen LogP contribution in [-0.2, 0) is 13.0 Å². The normalized spacial score (nSPS) is 20.1. The Morgan fingerprint density at radius 3 is 3.00 bits per heavy atom. The summed E-state index contributed by atoms with van der Waals surface area (Å²) in [6.45, 7) is 1.22. The van der Waals surface area contributed by atoms with Crippen LogP contribution in [0.5, 0.6) is 0 Å². The average molecular weight is 244 g/mol. The van der Waals surface area contributed by atoms with Gasteiger partial charge in [0.25, 0.3) is 0 Å². The van der Waals surface area contributed by atoms with E-state index in [2.05, 4.69) is 4.98 Å². The van der Waals surface area contributed by atoms with E-state index in [1.807, 2.05) is 0 Å². The molecule has 0 bridgehead atoms. The molecule has 1 N–H and O–H groups in total. The van der Waals surface area contributed by atoms with Gasteiger partial charge in [0, 0.05) is 24.9 Å². The summed E-state index contributed by atoms with van der Waals surface area (Å²) >= 11 is 0. The fourth-order valence-corrected chi connectivity index (χ4v) is 2.36. The zero-order valence-electron chi connectivity index (χ0n) is 9.49. The van der Waals surface area contributed by atoms with Crippen LogP contribution in [-0.4, -0.2) is 26.5 Å². The maximum atomic E-state index is 12.9. The summed E-state index contributed by atoms with van der Waals surface area (Å²) in [6.07, 6.45) is 2.59. The lowest BCUT2D eigenvalue weighted by Gasteiger charge is -2.26. The number of aromatic carboxylic acids is 1. The molecule has 1 aliphatic rings. The van der Waals surface area contributed by atoms with Crippen molar-refractivity contribution in [2.45, 2.75) is 38.7 Å². The topological polar surface area (TPSA) is 55.1 Å². The van der Waals surface area contributed by atoms with Gasteiger partial charge in [0.2, 0.25) is 11.7 Å². The van der Waals surface area contributed by atoms with Gasteiger partial charge in [-0.05, 0) is 25.7 Å². The van der Waals surface area contributed by atoms with Crippen LogP contribution >= 0.6 is 0 Å². The SMILES string of the molecule is CC(F)(F)CC1CCc2cnc(C(=O)O)n2C1. The summed E-state index contributed by atoms with van der Waals surface area (Å²) < 4.78 is 27.4. The van der Waals surface area contributed by atoms with Gasteiger partial charge in [-0.25, -0.2) is 18.6 Å². The first-order valence-electron chi connectivity index (χ1n) is 5.52. The lowest BCUT2D eigenvalue weighted by Crippen LogP contribution is -2.27. The molecular weight excluding hydrogens is 230 g/mol. The number of hydrogen-bond acceptors (Lipinski definition) is 2. The third kappa shape index (κ3) is 2.62. The molecule has 2 rings (SSSR count). The van der Waals surface area contributed by atoms with Crippen LogP contribution in [0.3, 0.4) is 0 Å². The summed E-state index contributed by atoms with van der Waals surface area (Å²) in [5, 5.41) is 8.92. The monoisotopic (exact) mass is 244 g/mol. The third-order valence-electron chi connectivity index (χ3n) is 3.03. The minimum absolute atomic E-state index is 0.0517. The number of carboxylic acids is 1. The Balaban J connectivity index is 2.17. The van der Waals surface area contributed by atoms with Crippen LogP contribution in [0.2, 0.25) is 0 Å². The van der Waals surface area contributed by atoms with Gasteiger partial charge in [0.15, 0.2) is 0 Å². The van der Waals surface area contributed by atoms with Gasteiger partial charge >= 0.3 is 5.97 Å². The molecule has 0 saturated heterocycles. The van der Waals surface area contributed by atoms with Crippen molar-refractivity contribution in [1.82, 2.24) is 9.55 Å². The molecule has 1 aliphatic heterocycles. The van der Waals surface area contributed by atoms with Gasteiger partial charge in [-0.1, -0.05) is 0 Å². The number of rotatable bonds is 3. The predicted molar refractivity (Wildman–Crippen MR) is 56.2 cm³/mol. The van der Waals surface area contributed by atoms with Crippen molar-refractivity contribution in [3.05, 3.63) is 17.7 Å². The third-order valence-corrected chi connectivity index (χ3v) is 3.03. The lowest BCUT2D eigenvalue weighted by molar-refractivity contribution is -0.00869. The molecule has 0 fully saturated rings. The van der Waals surface area contributed by atoms with Crippen LogP contribution in [0.15, 0.2) is 6.20 Å². The average Bonchev–Trinajstić information content (AvgIpc) is 2.57. The highest BCUT2D eigenvalue weighted by Crippen LogP contribution is 2.30. The highest BCUT2D eigenvalue weighted by atomic mass is 19.3. The number of hydrogen-bond donors (Lipinski definition) is 1. The van der Waals surface area contributed by atoms with E-state index < -0.39 is 11.9 Å². The molecule has 6 heteroatoms. The van der Waals surface area contributed by atoms with Crippen LogP contribution < -0.4 is 0 Å². The highest BCUT2D eigenvalue weighted by Gasteiger charge is 2.31. The Hall–Kier alpha value is -1.46. The van der Waals surface area contributed by atoms with Crippen molar-refractivity contribution in [1.29, 1.82) is 0 Å². The second-order valence-electron chi connectivity index (χ2n) is 4.67. The van der Waals surface area contributed by atoms with E-state index >= 15 is 0 Å². The molecular formula is C11H14F2N2O2. The zero-order chi connectivity index (χ0) is 12.6. The van der Waals surface area contributed by atoms with Crippen LogP contribution in [0.4, 0.5) is 8.78 Å². The first kappa shape index (κ1) is 12.0. The first-order chi connectivity index (χ1) is 7.87. The van der Waals surface area contributed by atoms with E-state index in [9.17, 15) is 13.6 Å². The van der Waals surface area contributed by atoms with Crippen molar-refractivity contribution in [3.63, 3.8) is 0 Å². The fourth-order valence-electron chi connectivity index (χ4n) is 2.36. The zero-order valence-corrected chi connectivity index (χ0v) is 9.49. The van der Waals surface area contributed by atoms with E-state index in [0.717, 1.165) is 12.6 Å². The number of aromatic nitrogens is 2. The summed E-state index contributed by atoms with van der Waals surface area (Å²) in [6, 6.07) is 0. The minimum Gasteiger partial charge on any atom is -0.475 e. The molecule has 0 saturated carbocycles. The van der Waals surface area contributed by atoms with Gasteiger partial charge in [-0.15, -0.1) is 0 Å². The second-order valence-corrected chi connectivity index (χ2v) is 4.67. The number of alkyl halides is 2. The minimum atomic E-state index is -2.70. The molecule has 0 radical (unpaired) electrons. The maximum Gasteiger partial charge on any atom is 0.372 e. The number of carboxylic acid groups (broad SMARTS) is 1. The molecule has 0 aliphatic carbocycles. The van der Waals surface area contributed by atoms with E-state index in [1.54, 1.807) is 4.57 Å². The van der Waals surface area contributed by atoms with E-state index in [1.165, 1.54) is 6.20 Å². The molecule has 0 spiro atoms. The predicted octanol–water partition coefficient (Wildman–Crippen LogP) is 2.19. The molecule has 0 aromatic carbocycles. The summed E-state index contributed by atoms with van der Waals surface area (Å²) in [5.41, 5.74) is 0.818. The van der Waals surface area contributed by atoms with Crippen LogP contribution in [0, 0.1) is 5.92 Å². The van der Waals surface area contributed by atoms with Crippen LogP contribution in [0.1, 0.15) is 36.1 Å². The summed E-state index contributed by atoms with van der Waals surface area (Å²) in [5.74, 6) is -4.05. The number of nitrogens with zero attached hydrogens (tertiary/aromatic N) is 2. The summed E-state index contributed by atoms with van der Waals surface area (Å²) in [4.78, 5) is 14.7. The Bertz CT molecular complexity index is 437. The van der Waals surface area contributed by atoms with Crippen molar-refractivity contribution < 1.29 is 18.7 Å². The second kappa shape index (κ2) is 4.09. The maximum absolute atomic E-state index is 12.9. The van der Waals surface area contributed by atoms with Gasteiger partial charge in [0.1, 0.15) is 0 Å². The highest BCUT2D eigenvalue weighted by molar-refractivity contribution is 5.83. The number of fused-ring (bicyclic) bond motifs is 1. The summed E-state index contributed by atoms with van der Waals surface area (Å²) in [7, 11) is 0. The molecule has 1 unspecified atom stereocenters. The van der Waals surface area contributed by atoms with Crippen molar-refractivity contribution in [2.75, 3.05) is 0 Å². The lowest BCUT2D eigenvalue weighted by atomic mass is 9.92. The molecule has 4 nitrogen and oxygen atoms in total. The van der Waals surface area contributed by atoms with E-state index in [-0.39, 0.29) is 18.2 Å². The first-order valence-corrected chi connectivity index (χ1v) is 5.52. The fraction of sp³-hybridized carbons (Fsp3) is 0.636. The van der Waals surface area contributed by atoms with E-state index in [0.29, 0.717) is 19.4 Å². The molecule has 2 heterocycles. The van der Waals surface area contributed by atoms with Crippen LogP contribution in [0.25, 0.3) is 0 Å². The van der Waals surface area contributed by atoms with Gasteiger partial charge in [-0.2, -0.15) is 0 Å². The smallest absolute Gasteiger partial charge is 0.372 e. The largest absolute Gasteiger partial charge is 0.475 e. The molecule has 17 heavy (non-hydrogen) atoms. The standard InChI is InChI=1S/C11H14F2N2O2/c1-11(12,13)4-7-2-3-8-5-14-9(10(16)17)15(8)6-7/h5,7H,2-4,6H2,1H3,(H,16,17). The molecule has 1 atom stereocenters. The molecule has 1 aromatic rings.